The Morgan fingerprint density at radius 1 is 0.920 bits per heavy atom. The smallest absolute Gasteiger partial charge is 0.208 e. The van der Waals surface area contributed by atoms with Gasteiger partial charge in [0.05, 0.1) is 18.8 Å². The van der Waals surface area contributed by atoms with Crippen LogP contribution >= 0.6 is 11.3 Å². The monoisotopic (exact) mass is 346 g/mol. The van der Waals surface area contributed by atoms with Crippen molar-refractivity contribution in [3.8, 4) is 11.3 Å². The van der Waals surface area contributed by atoms with Gasteiger partial charge >= 0.3 is 0 Å². The van der Waals surface area contributed by atoms with Gasteiger partial charge in [-0.3, -0.25) is 5.32 Å². The van der Waals surface area contributed by atoms with Crippen LogP contribution in [0.2, 0.25) is 0 Å². The van der Waals surface area contributed by atoms with Crippen LogP contribution in [0.25, 0.3) is 11.3 Å². The number of nitrogens with zero attached hydrogens (tertiary/aromatic N) is 1. The molecule has 25 heavy (non-hydrogen) atoms. The van der Waals surface area contributed by atoms with Crippen molar-refractivity contribution in [3.63, 3.8) is 0 Å². The second-order valence-corrected chi connectivity index (χ2v) is 6.70. The topological polar surface area (TPSA) is 38.1 Å². The van der Waals surface area contributed by atoms with E-state index in [9.17, 15) is 0 Å². The molecule has 4 aromatic rings. The maximum atomic E-state index is 5.90. The quantitative estimate of drug-likeness (QED) is 0.516. The van der Waals surface area contributed by atoms with E-state index >= 15 is 0 Å². The molecule has 3 nitrogen and oxygen atoms in total. The van der Waals surface area contributed by atoms with Crippen molar-refractivity contribution in [3.05, 3.63) is 101 Å². The van der Waals surface area contributed by atoms with Crippen LogP contribution in [-0.2, 0) is 6.54 Å². The Bertz CT molecular complexity index is 902. The minimum absolute atomic E-state index is 0.133. The normalized spacial score (nSPS) is 12.2. The Labute approximate surface area is 151 Å². The van der Waals surface area contributed by atoms with E-state index in [1.54, 1.807) is 17.5 Å². The van der Waals surface area contributed by atoms with E-state index in [0.717, 1.165) is 11.3 Å². The number of nitrogens with one attached hydrogen (secondary N) is 1. The standard InChI is InChI=1S/C21H18N2OS/c1-3-8-16(9-4-1)18-14-22-20(24-18)15-23-21(19-12-7-13-25-19)17-10-5-2-6-11-17/h1-14,21,23H,15H2/t21-/m1/s1. The molecule has 0 saturated carbocycles. The summed E-state index contributed by atoms with van der Waals surface area (Å²) in [5, 5.41) is 5.68. The van der Waals surface area contributed by atoms with Gasteiger partial charge in [-0.15, -0.1) is 11.3 Å². The number of thiophene rings is 1. The van der Waals surface area contributed by atoms with Crippen LogP contribution in [0.15, 0.2) is 88.8 Å². The summed E-state index contributed by atoms with van der Waals surface area (Å²) in [6, 6.07) is 24.9. The Hall–Kier alpha value is -2.69. The van der Waals surface area contributed by atoms with Gasteiger partial charge in [0.25, 0.3) is 0 Å². The third kappa shape index (κ3) is 3.71. The van der Waals surface area contributed by atoms with E-state index in [0.29, 0.717) is 12.4 Å². The van der Waals surface area contributed by atoms with E-state index < -0.39 is 0 Å². The molecule has 2 heterocycles. The highest BCUT2D eigenvalue weighted by Gasteiger charge is 2.16. The lowest BCUT2D eigenvalue weighted by molar-refractivity contribution is 0.464. The van der Waals surface area contributed by atoms with Crippen LogP contribution in [0.5, 0.6) is 0 Å². The summed E-state index contributed by atoms with van der Waals surface area (Å²) in [7, 11) is 0. The van der Waals surface area contributed by atoms with Crippen LogP contribution in [0.4, 0.5) is 0 Å². The molecule has 0 unspecified atom stereocenters. The third-order valence-corrected chi connectivity index (χ3v) is 4.97. The number of aromatic nitrogens is 1. The van der Waals surface area contributed by atoms with Crippen molar-refractivity contribution in [1.29, 1.82) is 0 Å². The second kappa shape index (κ2) is 7.47. The molecular weight excluding hydrogens is 328 g/mol. The predicted molar refractivity (Wildman–Crippen MR) is 101 cm³/mol. The fourth-order valence-corrected chi connectivity index (χ4v) is 3.63. The fourth-order valence-electron chi connectivity index (χ4n) is 2.80. The van der Waals surface area contributed by atoms with Gasteiger partial charge in [0.2, 0.25) is 5.89 Å². The largest absolute Gasteiger partial charge is 0.439 e. The van der Waals surface area contributed by atoms with E-state index in [4.69, 9.17) is 4.42 Å². The highest BCUT2D eigenvalue weighted by atomic mass is 32.1. The second-order valence-electron chi connectivity index (χ2n) is 5.72. The molecule has 0 aliphatic carbocycles. The van der Waals surface area contributed by atoms with Crippen LogP contribution in [-0.4, -0.2) is 4.98 Å². The molecule has 0 fully saturated rings. The molecular formula is C21H18N2OS. The van der Waals surface area contributed by atoms with Gasteiger partial charge in [0, 0.05) is 10.4 Å². The first-order valence-corrected chi connectivity index (χ1v) is 9.10. The maximum Gasteiger partial charge on any atom is 0.208 e. The molecule has 1 atom stereocenters. The third-order valence-electron chi connectivity index (χ3n) is 4.03. The van der Waals surface area contributed by atoms with Crippen molar-refractivity contribution in [2.75, 3.05) is 0 Å². The molecule has 0 amide bonds. The summed E-state index contributed by atoms with van der Waals surface area (Å²) in [5.74, 6) is 1.49. The van der Waals surface area contributed by atoms with Crippen LogP contribution in [0.3, 0.4) is 0 Å². The number of oxazole rings is 1. The fraction of sp³-hybridized carbons (Fsp3) is 0.0952. The Balaban J connectivity index is 1.51. The van der Waals surface area contributed by atoms with E-state index in [1.807, 2.05) is 36.4 Å². The van der Waals surface area contributed by atoms with E-state index in [-0.39, 0.29) is 6.04 Å². The van der Waals surface area contributed by atoms with Gasteiger partial charge in [-0.25, -0.2) is 4.98 Å². The molecule has 0 radical (unpaired) electrons. The van der Waals surface area contributed by atoms with Crippen molar-refractivity contribution in [2.24, 2.45) is 0 Å². The lowest BCUT2D eigenvalue weighted by Gasteiger charge is -2.17. The minimum atomic E-state index is 0.133. The molecule has 4 rings (SSSR count). The first-order chi connectivity index (χ1) is 12.4. The van der Waals surface area contributed by atoms with Crippen LogP contribution in [0, 0.1) is 0 Å². The molecule has 4 heteroatoms. The lowest BCUT2D eigenvalue weighted by atomic mass is 10.1. The first kappa shape index (κ1) is 15.8. The van der Waals surface area contributed by atoms with Crippen molar-refractivity contribution < 1.29 is 4.42 Å². The molecule has 124 valence electrons. The molecule has 0 aliphatic rings. The van der Waals surface area contributed by atoms with Crippen molar-refractivity contribution in [2.45, 2.75) is 12.6 Å². The Morgan fingerprint density at radius 3 is 2.40 bits per heavy atom. The minimum Gasteiger partial charge on any atom is -0.439 e. The Kier molecular flexibility index (Phi) is 4.72. The zero-order chi connectivity index (χ0) is 16.9. The Morgan fingerprint density at radius 2 is 1.68 bits per heavy atom. The summed E-state index contributed by atoms with van der Waals surface area (Å²) in [6.07, 6.45) is 1.79. The van der Waals surface area contributed by atoms with E-state index in [1.165, 1.54) is 10.4 Å². The van der Waals surface area contributed by atoms with Gasteiger partial charge in [0.1, 0.15) is 0 Å². The van der Waals surface area contributed by atoms with Crippen molar-refractivity contribution in [1.82, 2.24) is 10.3 Å². The molecule has 2 aromatic heterocycles. The molecule has 1 N–H and O–H groups in total. The summed E-state index contributed by atoms with van der Waals surface area (Å²) in [6.45, 7) is 0.574. The molecule has 2 aromatic carbocycles. The number of hydrogen-bond donors (Lipinski definition) is 1. The average Bonchev–Trinajstić information content (AvgIpc) is 3.36. The van der Waals surface area contributed by atoms with Gasteiger partial charge in [0.15, 0.2) is 5.76 Å². The van der Waals surface area contributed by atoms with Gasteiger partial charge in [-0.1, -0.05) is 66.7 Å². The van der Waals surface area contributed by atoms with Gasteiger partial charge in [-0.2, -0.15) is 0 Å². The summed E-state index contributed by atoms with van der Waals surface area (Å²) >= 11 is 1.75. The lowest BCUT2D eigenvalue weighted by Crippen LogP contribution is -2.21. The number of rotatable bonds is 6. The van der Waals surface area contributed by atoms with Gasteiger partial charge < -0.3 is 4.42 Å². The predicted octanol–water partition coefficient (Wildman–Crippen LogP) is 5.28. The molecule has 0 saturated heterocycles. The number of hydrogen-bond acceptors (Lipinski definition) is 4. The summed E-state index contributed by atoms with van der Waals surface area (Å²) in [4.78, 5) is 5.69. The molecule has 0 bridgehead atoms. The molecule has 0 aliphatic heterocycles. The number of benzene rings is 2. The van der Waals surface area contributed by atoms with E-state index in [2.05, 4.69) is 52.1 Å². The zero-order valence-electron chi connectivity index (χ0n) is 13.6. The summed E-state index contributed by atoms with van der Waals surface area (Å²) < 4.78 is 5.90. The zero-order valence-corrected chi connectivity index (χ0v) is 14.4. The average molecular weight is 346 g/mol. The van der Waals surface area contributed by atoms with Crippen LogP contribution in [0.1, 0.15) is 22.4 Å². The highest BCUT2D eigenvalue weighted by molar-refractivity contribution is 7.10. The maximum absolute atomic E-state index is 5.90. The van der Waals surface area contributed by atoms with Crippen molar-refractivity contribution >= 4 is 11.3 Å². The van der Waals surface area contributed by atoms with Crippen LogP contribution < -0.4 is 5.32 Å². The first-order valence-electron chi connectivity index (χ1n) is 8.22. The highest BCUT2D eigenvalue weighted by Crippen LogP contribution is 2.27. The van der Waals surface area contributed by atoms with Gasteiger partial charge in [-0.05, 0) is 17.0 Å². The molecule has 0 spiro atoms. The summed E-state index contributed by atoms with van der Waals surface area (Å²) in [5.41, 5.74) is 2.28. The SMILES string of the molecule is c1ccc(-c2cnc(CN[C@H](c3ccccc3)c3cccs3)o2)cc1.